The Morgan fingerprint density at radius 3 is 2.15 bits per heavy atom. The van der Waals surface area contributed by atoms with E-state index < -0.39 is 12.0 Å². The number of aryl methyl sites for hydroxylation is 1. The van der Waals surface area contributed by atoms with Gasteiger partial charge in [-0.1, -0.05) is 50.6 Å². The van der Waals surface area contributed by atoms with Crippen LogP contribution in [0.15, 0.2) is 60.9 Å². The highest BCUT2D eigenvalue weighted by atomic mass is 16.4. The number of likely N-dealkylation sites (tertiary alicyclic amines) is 1. The number of pyridine rings is 2. The van der Waals surface area contributed by atoms with Crippen LogP contribution in [0.5, 0.6) is 0 Å². The predicted molar refractivity (Wildman–Crippen MR) is 209 cm³/mol. The van der Waals surface area contributed by atoms with Gasteiger partial charge in [0.05, 0.1) is 0 Å². The number of carboxylic acids is 1. The van der Waals surface area contributed by atoms with Gasteiger partial charge in [0.2, 0.25) is 0 Å². The average Bonchev–Trinajstić information content (AvgIpc) is 4.08. The van der Waals surface area contributed by atoms with Gasteiger partial charge in [0.25, 0.3) is 5.91 Å². The molecule has 0 spiro atoms. The lowest BCUT2D eigenvalue weighted by atomic mass is 9.90. The molecule has 0 unspecified atom stereocenters. The van der Waals surface area contributed by atoms with Crippen molar-refractivity contribution >= 4 is 23.3 Å². The fourth-order valence-corrected chi connectivity index (χ4v) is 7.97. The van der Waals surface area contributed by atoms with Gasteiger partial charge >= 0.3 is 5.97 Å². The fourth-order valence-electron chi connectivity index (χ4n) is 7.97. The molecule has 1 saturated heterocycles. The summed E-state index contributed by atoms with van der Waals surface area (Å²) in [6.45, 7) is 9.85. The zero-order chi connectivity index (χ0) is 37.2. The molecule has 3 aliphatic rings. The number of aliphatic carboxylic acids is 1. The molecule has 0 radical (unpaired) electrons. The van der Waals surface area contributed by atoms with Gasteiger partial charge in [-0.15, -0.1) is 0 Å². The van der Waals surface area contributed by atoms with Crippen molar-refractivity contribution in [3.63, 3.8) is 0 Å². The Labute approximate surface area is 313 Å². The summed E-state index contributed by atoms with van der Waals surface area (Å²) < 4.78 is 0. The molecule has 3 heterocycles. The van der Waals surface area contributed by atoms with Crippen LogP contribution in [0.4, 0.5) is 5.69 Å². The normalized spacial score (nSPS) is 17.6. The maximum absolute atomic E-state index is 13.8. The Morgan fingerprint density at radius 1 is 0.811 bits per heavy atom. The molecule has 2 aliphatic carbocycles. The van der Waals surface area contributed by atoms with E-state index in [-0.39, 0.29) is 18.1 Å². The quantitative estimate of drug-likeness (QED) is 0.125. The van der Waals surface area contributed by atoms with Gasteiger partial charge in [-0.2, -0.15) is 0 Å². The lowest BCUT2D eigenvalue weighted by Gasteiger charge is -2.33. The number of ketones is 1. The van der Waals surface area contributed by atoms with Gasteiger partial charge in [0.1, 0.15) is 17.4 Å². The predicted octanol–water partition coefficient (Wildman–Crippen LogP) is 9.22. The number of rotatable bonds is 14. The van der Waals surface area contributed by atoms with Crippen molar-refractivity contribution in [2.75, 3.05) is 11.9 Å². The highest BCUT2D eigenvalue weighted by Crippen LogP contribution is 2.43. The second-order valence-corrected chi connectivity index (χ2v) is 16.0. The highest BCUT2D eigenvalue weighted by Gasteiger charge is 2.32. The topological polar surface area (TPSA) is 112 Å². The van der Waals surface area contributed by atoms with E-state index in [4.69, 9.17) is 0 Å². The van der Waals surface area contributed by atoms with Crippen LogP contribution < -0.4 is 5.32 Å². The van der Waals surface area contributed by atoms with E-state index in [1.165, 1.54) is 24.0 Å². The molecule has 8 heteroatoms. The Morgan fingerprint density at radius 2 is 1.45 bits per heavy atom. The molecule has 0 bridgehead atoms. The van der Waals surface area contributed by atoms with E-state index in [9.17, 15) is 19.5 Å². The number of carbonyl (C=O) groups excluding carboxylic acids is 2. The number of carboxylic acid groups (broad SMARTS) is 1. The Kier molecular flexibility index (Phi) is 10.9. The third kappa shape index (κ3) is 8.43. The number of nitrogens with zero attached hydrogens (tertiary/aromatic N) is 3. The first-order chi connectivity index (χ1) is 25.6. The van der Waals surface area contributed by atoms with Gasteiger partial charge in [0, 0.05) is 31.0 Å². The Bertz CT molecular complexity index is 2030. The minimum Gasteiger partial charge on any atom is -0.480 e. The molecule has 8 nitrogen and oxygen atoms in total. The summed E-state index contributed by atoms with van der Waals surface area (Å²) in [5.74, 6) is 0.545. The first kappa shape index (κ1) is 36.7. The molecule has 2 saturated carbocycles. The number of piperidine rings is 1. The van der Waals surface area contributed by atoms with Crippen LogP contribution in [0.25, 0.3) is 11.1 Å². The summed E-state index contributed by atoms with van der Waals surface area (Å²) >= 11 is 0. The van der Waals surface area contributed by atoms with Crippen molar-refractivity contribution in [3.05, 3.63) is 111 Å². The molecule has 2 aromatic heterocycles. The molecule has 3 fully saturated rings. The number of hydrogen-bond donors (Lipinski definition) is 2. The molecular weight excluding hydrogens is 661 g/mol. The molecule has 1 aliphatic heterocycles. The van der Waals surface area contributed by atoms with Crippen molar-refractivity contribution in [2.24, 2.45) is 5.92 Å². The smallest absolute Gasteiger partial charge is 0.320 e. The molecule has 2 aromatic carbocycles. The second kappa shape index (κ2) is 15.7. The lowest BCUT2D eigenvalue weighted by Crippen LogP contribution is -2.44. The van der Waals surface area contributed by atoms with E-state index in [1.807, 2.05) is 55.7 Å². The van der Waals surface area contributed by atoms with E-state index in [1.54, 1.807) is 0 Å². The largest absolute Gasteiger partial charge is 0.480 e. The molecule has 53 heavy (non-hydrogen) atoms. The van der Waals surface area contributed by atoms with Gasteiger partial charge in [-0.05, 0) is 158 Å². The summed E-state index contributed by atoms with van der Waals surface area (Å²) in [7, 11) is 0. The lowest BCUT2D eigenvalue weighted by molar-refractivity contribution is -0.144. The SMILES string of the molecule is Cc1c(CC(=O)c2cc(C3CC3)c(CN3CCCC[C@H]3C(=O)O)cn2)cccc1-c1cccc(NC(=O)c2cc(C3CC3)c(CCC(C)C)cn2)c1C. The Balaban J connectivity index is 1.07. The number of Topliss-reactive ketones (excluding diaryl/α,β-unsaturated/α-hetero) is 1. The third-order valence-electron chi connectivity index (χ3n) is 11.5. The zero-order valence-electron chi connectivity index (χ0n) is 31.6. The summed E-state index contributed by atoms with van der Waals surface area (Å²) in [5, 5.41) is 12.9. The monoisotopic (exact) mass is 712 g/mol. The van der Waals surface area contributed by atoms with Crippen LogP contribution in [0.1, 0.15) is 137 Å². The maximum atomic E-state index is 13.8. The number of hydrogen-bond acceptors (Lipinski definition) is 6. The first-order valence-corrected chi connectivity index (χ1v) is 19.5. The van der Waals surface area contributed by atoms with Gasteiger partial charge in [0.15, 0.2) is 5.78 Å². The molecule has 276 valence electrons. The zero-order valence-corrected chi connectivity index (χ0v) is 31.6. The van der Waals surface area contributed by atoms with Crippen LogP contribution in [0, 0.1) is 19.8 Å². The van der Waals surface area contributed by atoms with E-state index >= 15 is 0 Å². The molecular formula is C45H52N4O4. The van der Waals surface area contributed by atoms with Gasteiger partial charge < -0.3 is 10.4 Å². The number of benzene rings is 2. The summed E-state index contributed by atoms with van der Waals surface area (Å²) in [6.07, 6.45) is 13.1. The Hall–Kier alpha value is -4.69. The van der Waals surface area contributed by atoms with Crippen LogP contribution in [-0.2, 0) is 24.2 Å². The van der Waals surface area contributed by atoms with Gasteiger partial charge in [-0.25, -0.2) is 0 Å². The summed E-state index contributed by atoms with van der Waals surface area (Å²) in [4.78, 5) is 50.6. The second-order valence-electron chi connectivity index (χ2n) is 16.0. The number of nitrogens with one attached hydrogen (secondary N) is 1. The number of amides is 1. The van der Waals surface area contributed by atoms with Crippen LogP contribution in [-0.4, -0.2) is 50.2 Å². The minimum absolute atomic E-state index is 0.0360. The maximum Gasteiger partial charge on any atom is 0.320 e. The van der Waals surface area contributed by atoms with Crippen LogP contribution in [0.3, 0.4) is 0 Å². The first-order valence-electron chi connectivity index (χ1n) is 19.5. The third-order valence-corrected chi connectivity index (χ3v) is 11.5. The number of carbonyl (C=O) groups is 3. The standard InChI is InChI=1S/C45H52N4O4/c1-27(2)14-15-33-24-47-41(23-37(33)30-16-17-30)44(51)48-39-12-8-11-36(29(39)4)35-10-7-9-32(28(35)3)21-43(50)40-22-38(31-18-19-31)34(25-46-40)26-49-20-6-5-13-42(49)45(52)53/h7-12,22-25,27,30-31,42H,5-6,13-21,26H2,1-4H3,(H,48,51)(H,52,53)/t42-/m0/s1. The van der Waals surface area contributed by atoms with E-state index in [0.29, 0.717) is 42.1 Å². The van der Waals surface area contributed by atoms with Crippen molar-refractivity contribution in [1.29, 1.82) is 0 Å². The average molecular weight is 713 g/mol. The van der Waals surface area contributed by atoms with Crippen LogP contribution >= 0.6 is 0 Å². The minimum atomic E-state index is -0.765. The van der Waals surface area contributed by atoms with E-state index in [0.717, 1.165) is 89.7 Å². The fraction of sp³-hybridized carbons (Fsp3) is 0.444. The van der Waals surface area contributed by atoms with E-state index in [2.05, 4.69) is 53.1 Å². The summed E-state index contributed by atoms with van der Waals surface area (Å²) in [5.41, 5.74) is 11.3. The molecule has 1 amide bonds. The molecule has 1 atom stereocenters. The van der Waals surface area contributed by atoms with Crippen LogP contribution in [0.2, 0.25) is 0 Å². The van der Waals surface area contributed by atoms with Crippen molar-refractivity contribution < 1.29 is 19.5 Å². The van der Waals surface area contributed by atoms with Crippen molar-refractivity contribution in [2.45, 2.75) is 116 Å². The number of aromatic nitrogens is 2. The number of anilines is 1. The molecule has 4 aromatic rings. The molecule has 7 rings (SSSR count). The highest BCUT2D eigenvalue weighted by molar-refractivity contribution is 6.04. The van der Waals surface area contributed by atoms with Crippen molar-refractivity contribution in [1.82, 2.24) is 14.9 Å². The van der Waals surface area contributed by atoms with Crippen molar-refractivity contribution in [3.8, 4) is 11.1 Å². The summed E-state index contributed by atoms with van der Waals surface area (Å²) in [6, 6.07) is 15.5. The molecule has 2 N–H and O–H groups in total. The van der Waals surface area contributed by atoms with Gasteiger partial charge in [-0.3, -0.25) is 29.3 Å².